The Hall–Kier alpha value is -1.88. The summed E-state index contributed by atoms with van der Waals surface area (Å²) in [5.41, 5.74) is 2.23. The maximum absolute atomic E-state index is 12.0. The van der Waals surface area contributed by atoms with Crippen molar-refractivity contribution < 1.29 is 14.6 Å². The Bertz CT molecular complexity index is 490. The highest BCUT2D eigenvalue weighted by Gasteiger charge is 2.35. The first-order chi connectivity index (χ1) is 9.61. The number of hydrogen-bond acceptors (Lipinski definition) is 4. The van der Waals surface area contributed by atoms with E-state index in [2.05, 4.69) is 11.6 Å². The van der Waals surface area contributed by atoms with Crippen molar-refractivity contribution in [2.75, 3.05) is 13.2 Å². The normalized spacial score (nSPS) is 21.8. The van der Waals surface area contributed by atoms with E-state index in [4.69, 9.17) is 4.74 Å². The molecule has 1 fully saturated rings. The van der Waals surface area contributed by atoms with Crippen LogP contribution in [-0.2, 0) is 11.2 Å². The molecular formula is C15H20N2O3. The summed E-state index contributed by atoms with van der Waals surface area (Å²) in [4.78, 5) is 17.6. The second-order valence-corrected chi connectivity index (χ2v) is 5.07. The molecule has 20 heavy (non-hydrogen) atoms. The van der Waals surface area contributed by atoms with Crippen molar-refractivity contribution in [3.8, 4) is 0 Å². The summed E-state index contributed by atoms with van der Waals surface area (Å²) in [7, 11) is 0. The molecule has 1 N–H and O–H groups in total. The second kappa shape index (κ2) is 6.52. The predicted octanol–water partition coefficient (Wildman–Crippen LogP) is 1.69. The quantitative estimate of drug-likeness (QED) is 0.850. The fourth-order valence-corrected chi connectivity index (χ4v) is 2.51. The Morgan fingerprint density at radius 1 is 1.70 bits per heavy atom. The number of aryl methyl sites for hydroxylation is 1. The number of amides is 1. The van der Waals surface area contributed by atoms with Gasteiger partial charge in [0, 0.05) is 18.4 Å². The lowest BCUT2D eigenvalue weighted by molar-refractivity contribution is 0.102. The molecule has 0 aromatic carbocycles. The molecular weight excluding hydrogens is 256 g/mol. The van der Waals surface area contributed by atoms with Crippen molar-refractivity contribution in [2.24, 2.45) is 0 Å². The van der Waals surface area contributed by atoms with Gasteiger partial charge >= 0.3 is 6.09 Å². The first kappa shape index (κ1) is 14.5. The van der Waals surface area contributed by atoms with Crippen LogP contribution in [0.1, 0.15) is 17.5 Å². The zero-order valence-corrected chi connectivity index (χ0v) is 11.7. The van der Waals surface area contributed by atoms with Crippen molar-refractivity contribution in [1.29, 1.82) is 0 Å². The topological polar surface area (TPSA) is 62.7 Å². The smallest absolute Gasteiger partial charge is 0.410 e. The number of likely N-dealkylation sites (tertiary alicyclic amines) is 1. The minimum absolute atomic E-state index is 0.0385. The van der Waals surface area contributed by atoms with E-state index in [0.29, 0.717) is 19.4 Å². The molecule has 1 saturated heterocycles. The van der Waals surface area contributed by atoms with Crippen LogP contribution in [0.2, 0.25) is 0 Å². The summed E-state index contributed by atoms with van der Waals surface area (Å²) in [6.45, 7) is 6.03. The highest BCUT2D eigenvalue weighted by molar-refractivity contribution is 5.68. The molecule has 0 aliphatic carbocycles. The maximum Gasteiger partial charge on any atom is 0.410 e. The van der Waals surface area contributed by atoms with Gasteiger partial charge in [-0.1, -0.05) is 12.7 Å². The van der Waals surface area contributed by atoms with Crippen molar-refractivity contribution in [1.82, 2.24) is 9.88 Å². The Morgan fingerprint density at radius 3 is 3.20 bits per heavy atom. The van der Waals surface area contributed by atoms with Gasteiger partial charge in [0.2, 0.25) is 0 Å². The number of carbonyl (C=O) groups excluding carboxylic acids is 1. The van der Waals surface area contributed by atoms with Crippen LogP contribution < -0.4 is 0 Å². The van der Waals surface area contributed by atoms with E-state index in [1.54, 1.807) is 17.3 Å². The van der Waals surface area contributed by atoms with E-state index in [-0.39, 0.29) is 12.6 Å². The van der Waals surface area contributed by atoms with Crippen LogP contribution in [0.4, 0.5) is 4.79 Å². The van der Waals surface area contributed by atoms with E-state index >= 15 is 0 Å². The molecule has 1 aromatic rings. The van der Waals surface area contributed by atoms with Crippen LogP contribution >= 0.6 is 0 Å². The average Bonchev–Trinajstić information content (AvgIpc) is 2.79. The summed E-state index contributed by atoms with van der Waals surface area (Å²) in [5, 5.41) is 9.81. The Labute approximate surface area is 118 Å². The number of nitrogens with zero attached hydrogens (tertiary/aromatic N) is 2. The Balaban J connectivity index is 2.06. The molecule has 5 nitrogen and oxygen atoms in total. The summed E-state index contributed by atoms with van der Waals surface area (Å²) in [6.07, 6.45) is 5.48. The lowest BCUT2D eigenvalue weighted by Crippen LogP contribution is -2.37. The van der Waals surface area contributed by atoms with Gasteiger partial charge in [0.05, 0.1) is 12.6 Å². The number of aliphatic hydroxyl groups is 1. The van der Waals surface area contributed by atoms with E-state index in [0.717, 1.165) is 11.1 Å². The number of hydrogen-bond donors (Lipinski definition) is 1. The van der Waals surface area contributed by atoms with Crippen LogP contribution in [0.3, 0.4) is 0 Å². The molecule has 108 valence electrons. The zero-order chi connectivity index (χ0) is 14.5. The predicted molar refractivity (Wildman–Crippen MR) is 75.3 cm³/mol. The number of carbonyl (C=O) groups is 1. The largest absolute Gasteiger partial charge is 0.445 e. The molecule has 5 heteroatoms. The molecule has 1 aliphatic rings. The molecule has 2 heterocycles. The molecule has 1 aliphatic heterocycles. The number of rotatable bonds is 4. The molecule has 0 saturated carbocycles. The maximum atomic E-state index is 12.0. The van der Waals surface area contributed by atoms with Crippen LogP contribution in [0.15, 0.2) is 31.1 Å². The number of aromatic nitrogens is 1. The number of aliphatic hydroxyl groups excluding tert-OH is 1. The third kappa shape index (κ3) is 3.36. The standard InChI is InChI=1S/C15H20N2O3/c1-3-6-20-15(19)17-10-14(18)8-13(17)7-12-4-5-16-9-11(12)2/h3-5,9,13-14,18H,1,6-8,10H2,2H3/t13-,14-/m1/s1. The Morgan fingerprint density at radius 2 is 2.50 bits per heavy atom. The van der Waals surface area contributed by atoms with Crippen LogP contribution in [0, 0.1) is 6.92 Å². The zero-order valence-electron chi connectivity index (χ0n) is 11.7. The van der Waals surface area contributed by atoms with Gasteiger partial charge in [0.15, 0.2) is 0 Å². The van der Waals surface area contributed by atoms with Gasteiger partial charge < -0.3 is 14.7 Å². The average molecular weight is 276 g/mol. The molecule has 2 rings (SSSR count). The van der Waals surface area contributed by atoms with Gasteiger partial charge in [0.25, 0.3) is 0 Å². The fourth-order valence-electron chi connectivity index (χ4n) is 2.51. The SMILES string of the molecule is C=CCOC(=O)N1C[C@H](O)C[C@H]1Cc1ccncc1C. The molecule has 0 spiro atoms. The van der Waals surface area contributed by atoms with Crippen molar-refractivity contribution in [3.63, 3.8) is 0 Å². The van der Waals surface area contributed by atoms with Gasteiger partial charge in [-0.25, -0.2) is 4.79 Å². The van der Waals surface area contributed by atoms with Gasteiger partial charge in [-0.05, 0) is 37.0 Å². The minimum Gasteiger partial charge on any atom is -0.445 e. The van der Waals surface area contributed by atoms with E-state index < -0.39 is 12.2 Å². The molecule has 0 bridgehead atoms. The summed E-state index contributed by atoms with van der Waals surface area (Å²) in [5.74, 6) is 0. The summed E-state index contributed by atoms with van der Waals surface area (Å²) in [6, 6.07) is 1.91. The molecule has 1 aromatic heterocycles. The second-order valence-electron chi connectivity index (χ2n) is 5.07. The first-order valence-corrected chi connectivity index (χ1v) is 6.73. The third-order valence-electron chi connectivity index (χ3n) is 3.54. The molecule has 0 unspecified atom stereocenters. The molecule has 1 amide bonds. The van der Waals surface area contributed by atoms with Gasteiger partial charge in [-0.15, -0.1) is 0 Å². The van der Waals surface area contributed by atoms with E-state index in [1.807, 2.05) is 13.0 Å². The Kier molecular flexibility index (Phi) is 4.74. The first-order valence-electron chi connectivity index (χ1n) is 6.73. The highest BCUT2D eigenvalue weighted by Crippen LogP contribution is 2.23. The number of pyridine rings is 1. The van der Waals surface area contributed by atoms with Gasteiger partial charge in [-0.3, -0.25) is 4.98 Å². The lowest BCUT2D eigenvalue weighted by Gasteiger charge is -2.24. The van der Waals surface area contributed by atoms with Crippen molar-refractivity contribution in [2.45, 2.75) is 31.9 Å². The summed E-state index contributed by atoms with van der Waals surface area (Å²) >= 11 is 0. The van der Waals surface area contributed by atoms with Crippen LogP contribution in [0.5, 0.6) is 0 Å². The number of ether oxygens (including phenoxy) is 1. The molecule has 0 radical (unpaired) electrons. The van der Waals surface area contributed by atoms with Crippen molar-refractivity contribution in [3.05, 3.63) is 42.2 Å². The minimum atomic E-state index is -0.488. The van der Waals surface area contributed by atoms with Crippen LogP contribution in [0.25, 0.3) is 0 Å². The van der Waals surface area contributed by atoms with Crippen molar-refractivity contribution >= 4 is 6.09 Å². The van der Waals surface area contributed by atoms with E-state index in [9.17, 15) is 9.90 Å². The highest BCUT2D eigenvalue weighted by atomic mass is 16.6. The third-order valence-corrected chi connectivity index (χ3v) is 3.54. The summed E-state index contributed by atoms with van der Waals surface area (Å²) < 4.78 is 5.07. The lowest BCUT2D eigenvalue weighted by atomic mass is 10.0. The molecule has 2 atom stereocenters. The van der Waals surface area contributed by atoms with Gasteiger partial charge in [0.1, 0.15) is 6.61 Å². The fraction of sp³-hybridized carbons (Fsp3) is 0.467. The van der Waals surface area contributed by atoms with E-state index in [1.165, 1.54) is 6.08 Å². The van der Waals surface area contributed by atoms with Crippen LogP contribution in [-0.4, -0.2) is 46.4 Å². The number of β-amino-alcohol motifs (C(OH)–C–C–N with tert-alkyl or cyclic N) is 1. The van der Waals surface area contributed by atoms with Gasteiger partial charge in [-0.2, -0.15) is 0 Å². The monoisotopic (exact) mass is 276 g/mol.